The Kier molecular flexibility index (Phi) is 7.17. The highest BCUT2D eigenvalue weighted by atomic mass is 35.5. The van der Waals surface area contributed by atoms with Gasteiger partial charge in [-0.1, -0.05) is 24.2 Å². The molecule has 2 aromatic rings. The fraction of sp³-hybridized carbons (Fsp3) is 0.385. The van der Waals surface area contributed by atoms with E-state index in [0.717, 1.165) is 28.0 Å². The van der Waals surface area contributed by atoms with E-state index in [4.69, 9.17) is 11.6 Å². The van der Waals surface area contributed by atoms with Crippen molar-refractivity contribution in [2.75, 3.05) is 13.1 Å². The van der Waals surface area contributed by atoms with Gasteiger partial charge >= 0.3 is 0 Å². The van der Waals surface area contributed by atoms with Gasteiger partial charge in [0.15, 0.2) is 0 Å². The number of aliphatic hydroxyl groups excluding tert-OH is 1. The number of aliphatic imine (C=N–C) groups is 1. The molecule has 2 heterocycles. The van der Waals surface area contributed by atoms with Crippen LogP contribution in [0.4, 0.5) is 4.39 Å². The molecule has 1 aromatic heterocycles. The fourth-order valence-corrected chi connectivity index (χ4v) is 5.56. The highest BCUT2D eigenvalue weighted by Gasteiger charge is 2.37. The Morgan fingerprint density at radius 1 is 1.30 bits per heavy atom. The summed E-state index contributed by atoms with van der Waals surface area (Å²) in [5, 5.41) is 12.1. The summed E-state index contributed by atoms with van der Waals surface area (Å²) >= 11 is 8.09. The fourth-order valence-electron chi connectivity index (χ4n) is 4.24. The SMILES string of the molecule is C=N/C(=C\C(=C)c1csc(-c2ccc(C(=O)N3CCC(O)CC3)cc2Cl)c1)CC1(F)CCC1. The van der Waals surface area contributed by atoms with E-state index in [0.29, 0.717) is 55.1 Å². The topological polar surface area (TPSA) is 52.9 Å². The molecule has 1 amide bonds. The Bertz CT molecular complexity index is 1100. The number of thiophene rings is 1. The van der Waals surface area contributed by atoms with Crippen LogP contribution in [0.2, 0.25) is 5.02 Å². The van der Waals surface area contributed by atoms with Gasteiger partial charge in [-0.3, -0.25) is 9.79 Å². The van der Waals surface area contributed by atoms with Gasteiger partial charge in [0, 0.05) is 41.2 Å². The molecular weight excluding hydrogens is 459 g/mol. The second-order valence-electron chi connectivity index (χ2n) is 8.92. The molecule has 1 N–H and O–H groups in total. The van der Waals surface area contributed by atoms with Crippen molar-refractivity contribution in [3.05, 3.63) is 64.1 Å². The van der Waals surface area contributed by atoms with Crippen molar-refractivity contribution in [1.29, 1.82) is 0 Å². The number of carbonyl (C=O) groups is 1. The first-order valence-corrected chi connectivity index (χ1v) is 12.4. The van der Waals surface area contributed by atoms with Crippen LogP contribution in [-0.4, -0.2) is 47.5 Å². The molecular formula is C26H28ClFN2O2S. The molecule has 4 nitrogen and oxygen atoms in total. The average Bonchev–Trinajstić information content (AvgIpc) is 3.27. The van der Waals surface area contributed by atoms with Crippen molar-refractivity contribution >= 4 is 41.1 Å². The van der Waals surface area contributed by atoms with Crippen LogP contribution in [0.15, 0.2) is 53.0 Å². The molecule has 7 heteroatoms. The monoisotopic (exact) mass is 486 g/mol. The lowest BCUT2D eigenvalue weighted by Gasteiger charge is -2.33. The average molecular weight is 487 g/mol. The van der Waals surface area contributed by atoms with E-state index in [1.54, 1.807) is 23.1 Å². The van der Waals surface area contributed by atoms with Crippen molar-refractivity contribution in [2.45, 2.75) is 50.3 Å². The minimum absolute atomic E-state index is 0.0673. The minimum atomic E-state index is -1.16. The Morgan fingerprint density at radius 3 is 2.64 bits per heavy atom. The van der Waals surface area contributed by atoms with Crippen LogP contribution in [0.25, 0.3) is 16.0 Å². The summed E-state index contributed by atoms with van der Waals surface area (Å²) in [6, 6.07) is 7.36. The standard InChI is InChI=1S/C26H28ClFN2O2S/c1-17(12-20(29-2)15-26(28)8-3-9-26)19-14-24(33-16-19)22-5-4-18(13-23(22)27)25(32)30-10-6-21(31)7-11-30/h4-5,12-14,16,21,31H,1-3,6-11,15H2/b20-12-. The Morgan fingerprint density at radius 2 is 2.03 bits per heavy atom. The number of halogens is 2. The first-order valence-electron chi connectivity index (χ1n) is 11.2. The van der Waals surface area contributed by atoms with E-state index >= 15 is 0 Å². The third kappa shape index (κ3) is 5.45. The van der Waals surface area contributed by atoms with Crippen LogP contribution in [0.5, 0.6) is 0 Å². The summed E-state index contributed by atoms with van der Waals surface area (Å²) in [6.45, 7) is 8.82. The van der Waals surface area contributed by atoms with Crippen molar-refractivity contribution in [3.8, 4) is 10.4 Å². The molecule has 1 aromatic carbocycles. The molecule has 1 saturated carbocycles. The maximum atomic E-state index is 14.5. The number of hydrogen-bond acceptors (Lipinski definition) is 4. The molecule has 1 aliphatic carbocycles. The molecule has 2 fully saturated rings. The smallest absolute Gasteiger partial charge is 0.253 e. The van der Waals surface area contributed by atoms with Gasteiger partial charge in [0.2, 0.25) is 0 Å². The lowest BCUT2D eigenvalue weighted by atomic mass is 9.78. The molecule has 1 aliphatic heterocycles. The number of alkyl halides is 1. The number of allylic oxidation sites excluding steroid dienone is 3. The van der Waals surface area contributed by atoms with Crippen LogP contribution < -0.4 is 0 Å². The van der Waals surface area contributed by atoms with Gasteiger partial charge in [0.05, 0.1) is 11.1 Å². The number of carbonyl (C=O) groups excluding carboxylic acids is 1. The molecule has 0 unspecified atom stereocenters. The van der Waals surface area contributed by atoms with E-state index in [-0.39, 0.29) is 18.4 Å². The summed E-state index contributed by atoms with van der Waals surface area (Å²) in [5.74, 6) is -0.0673. The third-order valence-electron chi connectivity index (χ3n) is 6.49. The lowest BCUT2D eigenvalue weighted by Crippen LogP contribution is -2.40. The third-order valence-corrected chi connectivity index (χ3v) is 7.77. The number of rotatable bonds is 7. The van der Waals surface area contributed by atoms with Crippen LogP contribution >= 0.6 is 22.9 Å². The first-order chi connectivity index (χ1) is 15.8. The zero-order valence-electron chi connectivity index (χ0n) is 18.5. The number of piperidine rings is 1. The summed E-state index contributed by atoms with van der Waals surface area (Å²) in [7, 11) is 0. The van der Waals surface area contributed by atoms with Gasteiger partial charge in [-0.05, 0) is 79.6 Å². The van der Waals surface area contributed by atoms with Gasteiger partial charge < -0.3 is 10.0 Å². The highest BCUT2D eigenvalue weighted by Crippen LogP contribution is 2.42. The van der Waals surface area contributed by atoms with Gasteiger partial charge in [-0.2, -0.15) is 0 Å². The molecule has 1 saturated heterocycles. The van der Waals surface area contributed by atoms with Crippen molar-refractivity contribution < 1.29 is 14.3 Å². The van der Waals surface area contributed by atoms with E-state index in [1.165, 1.54) is 11.3 Å². The second kappa shape index (κ2) is 9.92. The molecule has 0 bridgehead atoms. The number of aliphatic hydroxyl groups is 1. The molecule has 0 spiro atoms. The summed E-state index contributed by atoms with van der Waals surface area (Å²) in [4.78, 5) is 19.5. The van der Waals surface area contributed by atoms with Crippen LogP contribution in [0.3, 0.4) is 0 Å². The van der Waals surface area contributed by atoms with Crippen LogP contribution in [-0.2, 0) is 0 Å². The van der Waals surface area contributed by atoms with Gasteiger partial charge in [-0.25, -0.2) is 4.39 Å². The Balaban J connectivity index is 1.47. The predicted molar refractivity (Wildman–Crippen MR) is 135 cm³/mol. The lowest BCUT2D eigenvalue weighted by molar-refractivity contribution is 0.0546. The number of nitrogens with zero attached hydrogens (tertiary/aromatic N) is 2. The molecule has 0 atom stereocenters. The van der Waals surface area contributed by atoms with Crippen LogP contribution in [0, 0.1) is 0 Å². The maximum Gasteiger partial charge on any atom is 0.253 e. The van der Waals surface area contributed by atoms with Gasteiger partial charge in [-0.15, -0.1) is 11.3 Å². The van der Waals surface area contributed by atoms with Crippen molar-refractivity contribution in [2.24, 2.45) is 4.99 Å². The number of amides is 1. The predicted octanol–water partition coefficient (Wildman–Crippen LogP) is 6.55. The van der Waals surface area contributed by atoms with E-state index in [1.807, 2.05) is 17.5 Å². The van der Waals surface area contributed by atoms with Crippen molar-refractivity contribution in [3.63, 3.8) is 0 Å². The summed E-state index contributed by atoms with van der Waals surface area (Å²) in [6.07, 6.45) is 5.01. The molecule has 4 rings (SSSR count). The van der Waals surface area contributed by atoms with Gasteiger partial charge in [0.1, 0.15) is 5.67 Å². The van der Waals surface area contributed by atoms with E-state index in [9.17, 15) is 14.3 Å². The van der Waals surface area contributed by atoms with Crippen molar-refractivity contribution in [1.82, 2.24) is 4.90 Å². The Hall–Kier alpha value is -2.28. The maximum absolute atomic E-state index is 14.5. The quantitative estimate of drug-likeness (QED) is 0.356. The zero-order valence-corrected chi connectivity index (χ0v) is 20.1. The normalized spacial score (nSPS) is 18.6. The molecule has 2 aliphatic rings. The number of benzene rings is 1. The molecule has 0 radical (unpaired) electrons. The highest BCUT2D eigenvalue weighted by molar-refractivity contribution is 7.13. The second-order valence-corrected chi connectivity index (χ2v) is 10.2. The number of likely N-dealkylation sites (tertiary alicyclic amines) is 1. The number of hydrogen-bond donors (Lipinski definition) is 1. The zero-order chi connectivity index (χ0) is 23.6. The van der Waals surface area contributed by atoms with E-state index < -0.39 is 5.67 Å². The Labute approximate surface area is 203 Å². The van der Waals surface area contributed by atoms with Crippen LogP contribution in [0.1, 0.15) is 54.4 Å². The molecule has 174 valence electrons. The van der Waals surface area contributed by atoms with E-state index in [2.05, 4.69) is 18.3 Å². The first kappa shape index (κ1) is 23.9. The summed E-state index contributed by atoms with van der Waals surface area (Å²) in [5.41, 5.74) is 2.50. The largest absolute Gasteiger partial charge is 0.393 e. The van der Waals surface area contributed by atoms with Gasteiger partial charge in [0.25, 0.3) is 5.91 Å². The summed E-state index contributed by atoms with van der Waals surface area (Å²) < 4.78 is 14.5. The molecule has 33 heavy (non-hydrogen) atoms. The minimum Gasteiger partial charge on any atom is -0.393 e.